The number of fused-ring (bicyclic) bond motifs is 3. The molecule has 2 amide bonds. The molecule has 4 atom stereocenters. The number of ether oxygens (including phenoxy) is 2. The Morgan fingerprint density at radius 3 is 2.51 bits per heavy atom. The van der Waals surface area contributed by atoms with Gasteiger partial charge in [-0.3, -0.25) is 14.5 Å². The molecule has 0 radical (unpaired) electrons. The number of carbonyl (C=O) groups excluding carboxylic acids is 2. The second kappa shape index (κ2) is 10.2. The van der Waals surface area contributed by atoms with Crippen LogP contribution in [-0.2, 0) is 14.3 Å². The van der Waals surface area contributed by atoms with Crippen molar-refractivity contribution in [1.82, 2.24) is 4.90 Å². The number of allylic oxidation sites excluding steroid dienone is 1. The van der Waals surface area contributed by atoms with Crippen molar-refractivity contribution in [3.63, 3.8) is 0 Å². The second-order valence-electron chi connectivity index (χ2n) is 10.7. The lowest BCUT2D eigenvalue weighted by Crippen LogP contribution is -2.35. The highest BCUT2D eigenvalue weighted by molar-refractivity contribution is 6.05. The highest BCUT2D eigenvalue weighted by Gasteiger charge is 2.56. The molecule has 0 unspecified atom stereocenters. The average Bonchev–Trinajstić information content (AvgIpc) is 3.40. The predicted molar refractivity (Wildman–Crippen MR) is 142 cm³/mol. The standard InChI is InChI=1S/C31H35NO5/c1-18(12-21-13-19(2)29(33)20(3)14-21)10-11-26-27-22(16-36-23-8-6-5-7-9-23)15-24-28(25(27)17-37-26)31(35)32(4)30(24)34/h5-9,12-14,24-26,28,33H,10-11,15-17H2,1-4H3/b18-12+/t24-,25+,26-,28-/m1/s1. The summed E-state index contributed by atoms with van der Waals surface area (Å²) in [5, 5.41) is 10.1. The Bertz CT molecular complexity index is 1250. The smallest absolute Gasteiger partial charge is 0.233 e. The lowest BCUT2D eigenvalue weighted by molar-refractivity contribution is -0.138. The molecule has 1 N–H and O–H groups in total. The van der Waals surface area contributed by atoms with Gasteiger partial charge in [0.2, 0.25) is 11.8 Å². The average molecular weight is 502 g/mol. The molecule has 1 aliphatic carbocycles. The molecule has 0 spiro atoms. The number of carbonyl (C=O) groups is 2. The highest BCUT2D eigenvalue weighted by atomic mass is 16.5. The number of benzene rings is 2. The van der Waals surface area contributed by atoms with Crippen molar-refractivity contribution in [3.8, 4) is 11.5 Å². The number of para-hydroxylation sites is 1. The van der Waals surface area contributed by atoms with Crippen LogP contribution < -0.4 is 4.74 Å². The molecule has 2 heterocycles. The maximum atomic E-state index is 13.0. The van der Waals surface area contributed by atoms with E-state index >= 15 is 0 Å². The van der Waals surface area contributed by atoms with Gasteiger partial charge < -0.3 is 14.6 Å². The van der Waals surface area contributed by atoms with E-state index in [1.165, 1.54) is 10.5 Å². The molecule has 0 aromatic heterocycles. The summed E-state index contributed by atoms with van der Waals surface area (Å²) in [7, 11) is 1.59. The molecule has 2 aliphatic heterocycles. The lowest BCUT2D eigenvalue weighted by Gasteiger charge is -2.31. The predicted octanol–water partition coefficient (Wildman–Crippen LogP) is 5.22. The Balaban J connectivity index is 1.37. The van der Waals surface area contributed by atoms with E-state index in [-0.39, 0.29) is 35.7 Å². The first-order valence-corrected chi connectivity index (χ1v) is 13.0. The summed E-state index contributed by atoms with van der Waals surface area (Å²) in [5.41, 5.74) is 6.29. The maximum absolute atomic E-state index is 13.0. The van der Waals surface area contributed by atoms with Crippen molar-refractivity contribution in [1.29, 1.82) is 0 Å². The molecule has 0 saturated carbocycles. The van der Waals surface area contributed by atoms with Crippen LogP contribution in [0.15, 0.2) is 59.2 Å². The van der Waals surface area contributed by atoms with E-state index in [0.29, 0.717) is 25.4 Å². The van der Waals surface area contributed by atoms with E-state index < -0.39 is 0 Å². The maximum Gasteiger partial charge on any atom is 0.233 e. The largest absolute Gasteiger partial charge is 0.507 e. The third-order valence-electron chi connectivity index (χ3n) is 8.11. The fraction of sp³-hybridized carbons (Fsp3) is 0.419. The summed E-state index contributed by atoms with van der Waals surface area (Å²) >= 11 is 0. The van der Waals surface area contributed by atoms with Gasteiger partial charge in [0.05, 0.1) is 24.5 Å². The number of hydrogen-bond donors (Lipinski definition) is 1. The van der Waals surface area contributed by atoms with Crippen molar-refractivity contribution in [2.75, 3.05) is 20.3 Å². The van der Waals surface area contributed by atoms with Gasteiger partial charge in [0.1, 0.15) is 18.1 Å². The normalized spacial score (nSPS) is 25.5. The minimum Gasteiger partial charge on any atom is -0.507 e. The third-order valence-corrected chi connectivity index (χ3v) is 8.11. The monoisotopic (exact) mass is 501 g/mol. The number of hydrogen-bond acceptors (Lipinski definition) is 5. The van der Waals surface area contributed by atoms with Crippen molar-refractivity contribution in [3.05, 3.63) is 75.9 Å². The second-order valence-corrected chi connectivity index (χ2v) is 10.7. The van der Waals surface area contributed by atoms with E-state index in [9.17, 15) is 14.7 Å². The van der Waals surface area contributed by atoms with Crippen molar-refractivity contribution >= 4 is 17.9 Å². The number of phenolic OH excluding ortho intramolecular Hbond substituents is 1. The van der Waals surface area contributed by atoms with Gasteiger partial charge in [-0.2, -0.15) is 0 Å². The van der Waals surface area contributed by atoms with Gasteiger partial charge in [-0.25, -0.2) is 0 Å². The Morgan fingerprint density at radius 1 is 1.11 bits per heavy atom. The van der Waals surface area contributed by atoms with Crippen LogP contribution in [0.1, 0.15) is 42.9 Å². The van der Waals surface area contributed by atoms with Gasteiger partial charge in [-0.1, -0.05) is 29.8 Å². The molecule has 2 saturated heterocycles. The Morgan fingerprint density at radius 2 is 1.81 bits per heavy atom. The molecule has 2 aromatic carbocycles. The number of aryl methyl sites for hydroxylation is 2. The molecule has 2 aromatic rings. The van der Waals surface area contributed by atoms with Crippen LogP contribution in [0.25, 0.3) is 6.08 Å². The molecule has 3 aliphatic rings. The van der Waals surface area contributed by atoms with E-state index in [1.54, 1.807) is 7.05 Å². The minimum atomic E-state index is -0.336. The topological polar surface area (TPSA) is 76.1 Å². The minimum absolute atomic E-state index is 0.0776. The number of likely N-dealkylation sites (tertiary alicyclic amines) is 1. The van der Waals surface area contributed by atoms with E-state index in [2.05, 4.69) is 13.0 Å². The first-order chi connectivity index (χ1) is 17.7. The molecular weight excluding hydrogens is 466 g/mol. The number of aromatic hydroxyl groups is 1. The van der Waals surface area contributed by atoms with Crippen LogP contribution in [0.3, 0.4) is 0 Å². The zero-order chi connectivity index (χ0) is 26.3. The van der Waals surface area contributed by atoms with Crippen LogP contribution in [-0.4, -0.2) is 48.2 Å². The molecule has 5 rings (SSSR count). The molecule has 6 heteroatoms. The Labute approximate surface area is 218 Å². The van der Waals surface area contributed by atoms with Gasteiger partial charge in [0.25, 0.3) is 0 Å². The lowest BCUT2D eigenvalue weighted by atomic mass is 9.69. The number of imide groups is 1. The molecule has 37 heavy (non-hydrogen) atoms. The summed E-state index contributed by atoms with van der Waals surface area (Å²) in [6.07, 6.45) is 4.24. The Hall–Kier alpha value is -3.38. The number of rotatable bonds is 7. The zero-order valence-electron chi connectivity index (χ0n) is 22.0. The van der Waals surface area contributed by atoms with Crippen LogP contribution >= 0.6 is 0 Å². The fourth-order valence-electron chi connectivity index (χ4n) is 6.24. The molecular formula is C31H35NO5. The molecule has 194 valence electrons. The first kappa shape index (κ1) is 25.3. The van der Waals surface area contributed by atoms with Crippen molar-refractivity contribution in [2.45, 2.75) is 46.1 Å². The van der Waals surface area contributed by atoms with Crippen LogP contribution in [0.4, 0.5) is 0 Å². The summed E-state index contributed by atoms with van der Waals surface area (Å²) in [6.45, 7) is 6.79. The molecule has 2 fully saturated rings. The van der Waals surface area contributed by atoms with E-state index in [1.807, 2.05) is 56.3 Å². The van der Waals surface area contributed by atoms with E-state index in [0.717, 1.165) is 46.4 Å². The summed E-state index contributed by atoms with van der Waals surface area (Å²) < 4.78 is 12.4. The van der Waals surface area contributed by atoms with Gasteiger partial charge in [0.15, 0.2) is 0 Å². The zero-order valence-corrected chi connectivity index (χ0v) is 22.0. The van der Waals surface area contributed by atoms with Gasteiger partial charge in [-0.15, -0.1) is 0 Å². The SMILES string of the molecule is C/C(=C\c1cc(C)c(O)c(C)c1)CC[C@H]1OC[C@H]2C1=C(COc1ccccc1)C[C@H]1C(=O)N(C)C(=O)[C@H]12. The summed E-state index contributed by atoms with van der Waals surface area (Å²) in [6, 6.07) is 13.7. The van der Waals surface area contributed by atoms with E-state index in [4.69, 9.17) is 9.47 Å². The number of phenols is 1. The summed E-state index contributed by atoms with van der Waals surface area (Å²) in [4.78, 5) is 27.2. The Kier molecular flexibility index (Phi) is 6.95. The highest BCUT2D eigenvalue weighted by Crippen LogP contribution is 2.49. The number of amides is 2. The van der Waals surface area contributed by atoms with Crippen LogP contribution in [0, 0.1) is 31.6 Å². The molecule has 0 bridgehead atoms. The quantitative estimate of drug-likeness (QED) is 0.416. The first-order valence-electron chi connectivity index (χ1n) is 13.0. The van der Waals surface area contributed by atoms with Crippen LogP contribution in [0.5, 0.6) is 11.5 Å². The van der Waals surface area contributed by atoms with Crippen molar-refractivity contribution in [2.24, 2.45) is 17.8 Å². The van der Waals surface area contributed by atoms with Crippen molar-refractivity contribution < 1.29 is 24.2 Å². The van der Waals surface area contributed by atoms with Crippen LogP contribution in [0.2, 0.25) is 0 Å². The number of nitrogens with zero attached hydrogens (tertiary/aromatic N) is 1. The van der Waals surface area contributed by atoms with Gasteiger partial charge in [0, 0.05) is 13.0 Å². The fourth-order valence-corrected chi connectivity index (χ4v) is 6.24. The summed E-state index contributed by atoms with van der Waals surface area (Å²) in [5.74, 6) is 0.216. The van der Waals surface area contributed by atoms with Gasteiger partial charge >= 0.3 is 0 Å². The third kappa shape index (κ3) is 4.82. The van der Waals surface area contributed by atoms with Gasteiger partial charge in [-0.05, 0) is 92.1 Å². The molecule has 6 nitrogen and oxygen atoms in total.